The molecule has 0 radical (unpaired) electrons. The largest absolute Gasteiger partial charge is 1.00 e. The molecule has 0 aliphatic heterocycles. The van der Waals surface area contributed by atoms with Gasteiger partial charge in [-0.3, -0.25) is 4.55 Å². The first-order valence-electron chi connectivity index (χ1n) is 7.13. The average molecular weight is 365 g/mol. The molecule has 0 aliphatic carbocycles. The van der Waals surface area contributed by atoms with Crippen molar-refractivity contribution in [2.45, 2.75) is 11.8 Å². The minimum absolute atomic E-state index is 0. The van der Waals surface area contributed by atoms with Crippen LogP contribution in [0.4, 0.5) is 17.1 Å². The maximum absolute atomic E-state index is 11.7. The van der Waals surface area contributed by atoms with E-state index in [1.807, 2.05) is 19.1 Å². The van der Waals surface area contributed by atoms with E-state index in [0.717, 1.165) is 5.56 Å². The molecule has 0 bridgehead atoms. The van der Waals surface area contributed by atoms with E-state index in [4.69, 9.17) is 5.73 Å². The van der Waals surface area contributed by atoms with E-state index in [2.05, 4.69) is 10.2 Å². The van der Waals surface area contributed by atoms with Gasteiger partial charge in [-0.25, -0.2) is 0 Å². The van der Waals surface area contributed by atoms with Crippen LogP contribution < -0.4 is 35.3 Å². The number of nitrogens with two attached hydrogens (primary N) is 1. The van der Waals surface area contributed by atoms with Gasteiger partial charge in [0, 0.05) is 10.8 Å². The summed E-state index contributed by atoms with van der Waals surface area (Å²) in [6, 6.07) is 15.2. The summed E-state index contributed by atoms with van der Waals surface area (Å²) in [5, 5.41) is 8.96. The zero-order valence-corrected chi connectivity index (χ0v) is 16.7. The Morgan fingerprint density at radius 3 is 2.20 bits per heavy atom. The minimum atomic E-state index is -4.41. The van der Waals surface area contributed by atoms with Crippen molar-refractivity contribution < 1.29 is 44.0 Å². The average Bonchev–Trinajstić information content (AvgIpc) is 2.55. The van der Waals surface area contributed by atoms with Crippen LogP contribution in [0.25, 0.3) is 10.8 Å². The summed E-state index contributed by atoms with van der Waals surface area (Å²) in [6.45, 7) is 1.96. The second-order valence-corrected chi connectivity index (χ2v) is 6.75. The molecule has 3 aromatic carbocycles. The third-order valence-corrected chi connectivity index (χ3v) is 4.51. The summed E-state index contributed by atoms with van der Waals surface area (Å²) in [7, 11) is -4.41. The quantitative estimate of drug-likeness (QED) is 0.318. The smallest absolute Gasteiger partial charge is 1.00 e. The fraction of sp³-hybridized carbons (Fsp3) is 0.0588. The van der Waals surface area contributed by atoms with Crippen molar-refractivity contribution in [1.29, 1.82) is 0 Å². The van der Waals surface area contributed by atoms with Gasteiger partial charge >= 0.3 is 29.6 Å². The monoisotopic (exact) mass is 365 g/mol. The van der Waals surface area contributed by atoms with Gasteiger partial charge in [0.25, 0.3) is 10.1 Å². The third kappa shape index (κ3) is 4.26. The normalized spacial score (nSPS) is 11.6. The molecule has 124 valence electrons. The predicted octanol–water partition coefficient (Wildman–Crippen LogP) is 1.51. The number of hydrogen-bond donors (Lipinski definition) is 2. The molecule has 0 aliphatic rings. The number of nitrogen functional groups attached to an aromatic ring is 1. The summed E-state index contributed by atoms with van der Waals surface area (Å²) < 4.78 is 32.8. The number of fused-ring (bicyclic) bond motifs is 1. The number of aryl methyl sites for hydroxylation is 1. The van der Waals surface area contributed by atoms with Gasteiger partial charge in [-0.15, -0.1) is 5.11 Å². The van der Waals surface area contributed by atoms with Crippen molar-refractivity contribution in [2.75, 3.05) is 5.73 Å². The molecule has 8 heteroatoms. The van der Waals surface area contributed by atoms with Crippen molar-refractivity contribution in [3.8, 4) is 0 Å². The second kappa shape index (κ2) is 7.63. The Bertz CT molecular complexity index is 1050. The molecule has 3 aromatic rings. The molecule has 0 saturated carbocycles. The van der Waals surface area contributed by atoms with Gasteiger partial charge in [-0.1, -0.05) is 42.0 Å². The van der Waals surface area contributed by atoms with Crippen molar-refractivity contribution in [3.63, 3.8) is 0 Å². The van der Waals surface area contributed by atoms with E-state index >= 15 is 0 Å². The molecular formula is C17H16N3NaO3S. The van der Waals surface area contributed by atoms with E-state index < -0.39 is 10.1 Å². The van der Waals surface area contributed by atoms with Gasteiger partial charge in [0.1, 0.15) is 10.6 Å². The fourth-order valence-corrected chi connectivity index (χ4v) is 3.09. The summed E-state index contributed by atoms with van der Waals surface area (Å²) >= 11 is 0. The SMILES string of the molecule is Cc1ccc(N=Nc2cc(S(=O)(=O)O)c3ccccc3c2N)cc1.[H-].[Na+]. The van der Waals surface area contributed by atoms with Gasteiger partial charge in [-0.05, 0) is 25.1 Å². The number of rotatable bonds is 3. The Kier molecular flexibility index (Phi) is 5.97. The van der Waals surface area contributed by atoms with Crippen LogP contribution >= 0.6 is 0 Å². The molecule has 0 aromatic heterocycles. The zero-order valence-electron chi connectivity index (χ0n) is 14.8. The first kappa shape index (κ1) is 19.6. The Balaban J connectivity index is 0.00000169. The molecule has 0 unspecified atom stereocenters. The standard InChI is InChI=1S/C17H15N3O3S.Na.H/c1-11-6-8-12(9-7-11)19-20-15-10-16(24(21,22)23)13-4-2-3-5-14(13)17(15)18;;/h2-10H,18H2,1H3,(H,21,22,23);;/q;+1;-1. The van der Waals surface area contributed by atoms with Gasteiger partial charge in [0.2, 0.25) is 0 Å². The van der Waals surface area contributed by atoms with Gasteiger partial charge in [0.15, 0.2) is 0 Å². The summed E-state index contributed by atoms with van der Waals surface area (Å²) in [5.74, 6) is 0. The molecule has 0 atom stereocenters. The molecular weight excluding hydrogens is 349 g/mol. The fourth-order valence-electron chi connectivity index (χ4n) is 2.37. The molecule has 0 spiro atoms. The number of anilines is 1. The Morgan fingerprint density at radius 1 is 1.00 bits per heavy atom. The van der Waals surface area contributed by atoms with Gasteiger partial charge in [0.05, 0.1) is 11.4 Å². The molecule has 0 amide bonds. The Hall–Kier alpha value is -1.77. The third-order valence-electron chi connectivity index (χ3n) is 3.61. The van der Waals surface area contributed by atoms with Crippen LogP contribution in [0.2, 0.25) is 0 Å². The van der Waals surface area contributed by atoms with Crippen molar-refractivity contribution in [2.24, 2.45) is 10.2 Å². The van der Waals surface area contributed by atoms with Crippen molar-refractivity contribution in [3.05, 3.63) is 60.2 Å². The topological polar surface area (TPSA) is 105 Å². The van der Waals surface area contributed by atoms with Crippen molar-refractivity contribution in [1.82, 2.24) is 0 Å². The van der Waals surface area contributed by atoms with E-state index in [1.54, 1.807) is 36.4 Å². The van der Waals surface area contributed by atoms with Crippen LogP contribution in [0.5, 0.6) is 0 Å². The van der Waals surface area contributed by atoms with E-state index in [9.17, 15) is 13.0 Å². The summed E-state index contributed by atoms with van der Waals surface area (Å²) in [4.78, 5) is -0.245. The molecule has 3 rings (SSSR count). The molecule has 6 nitrogen and oxygen atoms in total. The number of azo groups is 1. The molecule has 0 heterocycles. The molecule has 0 fully saturated rings. The van der Waals surface area contributed by atoms with Crippen LogP contribution in [0.1, 0.15) is 6.99 Å². The number of nitrogens with zero attached hydrogens (tertiary/aromatic N) is 2. The van der Waals surface area contributed by atoms with Gasteiger partial charge in [-0.2, -0.15) is 13.5 Å². The molecule has 0 saturated heterocycles. The Morgan fingerprint density at radius 2 is 1.60 bits per heavy atom. The first-order valence-corrected chi connectivity index (χ1v) is 8.57. The summed E-state index contributed by atoms with van der Waals surface area (Å²) in [5.41, 5.74) is 8.27. The zero-order chi connectivity index (χ0) is 17.3. The van der Waals surface area contributed by atoms with Crippen LogP contribution in [0, 0.1) is 6.92 Å². The van der Waals surface area contributed by atoms with Gasteiger partial charge < -0.3 is 7.16 Å². The van der Waals surface area contributed by atoms with Crippen molar-refractivity contribution >= 4 is 38.0 Å². The number of hydrogen-bond acceptors (Lipinski definition) is 5. The first-order chi connectivity index (χ1) is 11.4. The predicted molar refractivity (Wildman–Crippen MR) is 94.6 cm³/mol. The second-order valence-electron chi connectivity index (χ2n) is 5.36. The van der Waals surface area contributed by atoms with E-state index in [1.165, 1.54) is 6.07 Å². The molecule has 3 N–H and O–H groups in total. The van der Waals surface area contributed by atoms with Crippen LogP contribution in [0.3, 0.4) is 0 Å². The Labute approximate surface area is 169 Å². The molecule has 25 heavy (non-hydrogen) atoms. The van der Waals surface area contributed by atoms with E-state index in [-0.39, 0.29) is 41.6 Å². The number of benzene rings is 3. The van der Waals surface area contributed by atoms with E-state index in [0.29, 0.717) is 22.1 Å². The maximum Gasteiger partial charge on any atom is 1.00 e. The van der Waals surface area contributed by atoms with Crippen LogP contribution in [0.15, 0.2) is 69.7 Å². The van der Waals surface area contributed by atoms with Crippen LogP contribution in [-0.2, 0) is 10.1 Å². The summed E-state index contributed by atoms with van der Waals surface area (Å²) in [6.07, 6.45) is 0. The maximum atomic E-state index is 11.7. The minimum Gasteiger partial charge on any atom is -1.00 e. The van der Waals surface area contributed by atoms with Crippen LogP contribution in [-0.4, -0.2) is 13.0 Å².